The van der Waals surface area contributed by atoms with Gasteiger partial charge in [0.15, 0.2) is 0 Å². The minimum absolute atomic E-state index is 0.611. The van der Waals surface area contributed by atoms with E-state index in [0.29, 0.717) is 0 Å². The molecule has 0 atom stereocenters. The molecule has 16 heavy (non-hydrogen) atoms. The topological polar surface area (TPSA) is 0 Å². The average molecular weight is 289 g/mol. The van der Waals surface area contributed by atoms with Crippen LogP contribution in [0.1, 0.15) is 0 Å². The lowest BCUT2D eigenvalue weighted by molar-refractivity contribution is 1.20. The molecular formula is C12H33AlSi3. The first-order valence-electron chi connectivity index (χ1n) is 6.69. The molecule has 0 bridgehead atoms. The number of rotatable bonds is 4. The van der Waals surface area contributed by atoms with Gasteiger partial charge in [0.25, 0.3) is 14.1 Å². The number of hydrogen-bond acceptors (Lipinski definition) is 0. The van der Waals surface area contributed by atoms with Crippen molar-refractivity contribution in [1.82, 2.24) is 0 Å². The third kappa shape index (κ3) is 2.61. The zero-order valence-electron chi connectivity index (χ0n) is 13.6. The van der Waals surface area contributed by atoms with Gasteiger partial charge in [-0.3, -0.25) is 0 Å². The summed E-state index contributed by atoms with van der Waals surface area (Å²) in [6.07, 6.45) is 0. The zero-order chi connectivity index (χ0) is 13.6. The highest BCUT2D eigenvalue weighted by Gasteiger charge is 2.61. The molecule has 4 heteroatoms. The molecule has 0 aliphatic rings. The van der Waals surface area contributed by atoms with Crippen molar-refractivity contribution in [2.45, 2.75) is 73.6 Å². The summed E-state index contributed by atoms with van der Waals surface area (Å²) in [6.45, 7) is 23.8. The molecule has 0 heterocycles. The summed E-state index contributed by atoms with van der Waals surface area (Å²) >= 11 is -0.611. The zero-order valence-corrected chi connectivity index (χ0v) is 17.7. The van der Waals surface area contributed by atoms with Crippen molar-refractivity contribution in [3.8, 4) is 0 Å². The molecule has 0 amide bonds. The first-order chi connectivity index (χ1) is 6.69. The molecule has 0 spiro atoms. The van der Waals surface area contributed by atoms with Crippen molar-refractivity contribution in [3.05, 3.63) is 0 Å². The number of hydrogen-bond donors (Lipinski definition) is 0. The molecule has 0 N–H and O–H groups in total. The highest BCUT2D eigenvalue weighted by molar-refractivity contribution is 7.25. The molecule has 96 valence electrons. The van der Waals surface area contributed by atoms with Crippen LogP contribution in [0.5, 0.6) is 0 Å². The smallest absolute Gasteiger partial charge is 0.106 e. The minimum atomic E-state index is -1.09. The predicted molar refractivity (Wildman–Crippen MR) is 90.2 cm³/mol. The van der Waals surface area contributed by atoms with Gasteiger partial charge < -0.3 is 0 Å². The van der Waals surface area contributed by atoms with Crippen LogP contribution in [0.4, 0.5) is 0 Å². The quantitative estimate of drug-likeness (QED) is 0.630. The lowest BCUT2D eigenvalue weighted by Crippen LogP contribution is -2.70. The molecule has 0 saturated heterocycles. The van der Waals surface area contributed by atoms with Crippen molar-refractivity contribution < 1.29 is 0 Å². The van der Waals surface area contributed by atoms with Crippen LogP contribution in [0.2, 0.25) is 73.6 Å². The molecule has 0 rings (SSSR count). The Labute approximate surface area is 112 Å². The summed E-state index contributed by atoms with van der Waals surface area (Å²) in [5, 5.41) is 0. The van der Waals surface area contributed by atoms with Crippen LogP contribution in [0.3, 0.4) is 0 Å². The van der Waals surface area contributed by atoms with Gasteiger partial charge in [-0.25, -0.2) is 0 Å². The van der Waals surface area contributed by atoms with Gasteiger partial charge in [-0.05, 0) is 0 Å². The summed E-state index contributed by atoms with van der Waals surface area (Å²) < 4.78 is 0.868. The molecule has 0 saturated carbocycles. The molecule has 0 fully saturated rings. The molecule has 0 aromatic rings. The lowest BCUT2D eigenvalue weighted by atomic mass is 11.6. The molecule has 0 aromatic carbocycles. The van der Waals surface area contributed by atoms with Crippen molar-refractivity contribution >= 4 is 38.4 Å². The predicted octanol–water partition coefficient (Wildman–Crippen LogP) is 5.11. The van der Waals surface area contributed by atoms with E-state index in [1.54, 1.807) is 0 Å². The van der Waals surface area contributed by atoms with Gasteiger partial charge in [0.2, 0.25) is 0 Å². The van der Waals surface area contributed by atoms with Crippen molar-refractivity contribution in [3.63, 3.8) is 0 Å². The van der Waals surface area contributed by atoms with Crippen molar-refractivity contribution in [2.75, 3.05) is 0 Å². The van der Waals surface area contributed by atoms with Crippen LogP contribution < -0.4 is 0 Å². The average Bonchev–Trinajstić information content (AvgIpc) is 1.71. The van der Waals surface area contributed by atoms with Crippen molar-refractivity contribution in [1.29, 1.82) is 0 Å². The Morgan fingerprint density at radius 3 is 0.750 bits per heavy atom. The van der Waals surface area contributed by atoms with Crippen LogP contribution in [0.25, 0.3) is 0 Å². The maximum atomic E-state index is 2.65. The fourth-order valence-electron chi connectivity index (χ4n) is 5.97. The molecular weight excluding hydrogens is 255 g/mol. The van der Waals surface area contributed by atoms with Gasteiger partial charge in [-0.1, -0.05) is 62.1 Å². The van der Waals surface area contributed by atoms with Gasteiger partial charge in [0.05, 0.1) is 0 Å². The fraction of sp³-hybridized carbons (Fsp3) is 1.00. The Morgan fingerprint density at radius 1 is 0.562 bits per heavy atom. The first kappa shape index (κ1) is 17.2. The van der Waals surface area contributed by atoms with Crippen molar-refractivity contribution in [2.24, 2.45) is 0 Å². The second kappa shape index (κ2) is 4.70. The maximum absolute atomic E-state index is 2.65. The molecule has 0 radical (unpaired) electrons. The van der Waals surface area contributed by atoms with Crippen LogP contribution in [-0.4, -0.2) is 38.4 Å². The van der Waals surface area contributed by atoms with Crippen LogP contribution in [0.15, 0.2) is 0 Å². The van der Waals surface area contributed by atoms with Gasteiger partial charge in [-0.2, -0.15) is 0 Å². The molecule has 0 aliphatic carbocycles. The van der Waals surface area contributed by atoms with E-state index in [2.05, 4.69) is 70.5 Å². The monoisotopic (exact) mass is 288 g/mol. The van der Waals surface area contributed by atoms with E-state index >= 15 is 0 Å². The lowest BCUT2D eigenvalue weighted by Gasteiger charge is -2.61. The summed E-state index contributed by atoms with van der Waals surface area (Å²) in [5.74, 6) is 5.27. The summed E-state index contributed by atoms with van der Waals surface area (Å²) in [4.78, 5) is 0. The summed E-state index contributed by atoms with van der Waals surface area (Å²) in [5.41, 5.74) is 0. The highest BCUT2D eigenvalue weighted by Crippen LogP contribution is 2.55. The Hall–Kier alpha value is 1.18. The van der Waals surface area contributed by atoms with Gasteiger partial charge in [0, 0.05) is 24.2 Å². The Morgan fingerprint density at radius 2 is 0.750 bits per heavy atom. The third-order valence-electron chi connectivity index (χ3n) is 4.42. The maximum Gasteiger partial charge on any atom is 0.253 e. The fourth-order valence-corrected chi connectivity index (χ4v) is 53.8. The van der Waals surface area contributed by atoms with E-state index in [9.17, 15) is 0 Å². The van der Waals surface area contributed by atoms with Crippen LogP contribution >= 0.6 is 0 Å². The van der Waals surface area contributed by atoms with E-state index in [-0.39, 0.29) is 0 Å². The molecule has 0 aromatic heterocycles. The molecule has 0 unspecified atom stereocenters. The summed E-state index contributed by atoms with van der Waals surface area (Å²) in [6, 6.07) is 0. The Bertz CT molecular complexity index is 204. The van der Waals surface area contributed by atoms with E-state index in [4.69, 9.17) is 0 Å². The Kier molecular flexibility index (Phi) is 5.04. The standard InChI is InChI=1S/C10H27Si3.2CH3.Al/c1-11(2,3)10(12(4,5)6)13(7,8)9;;;/h1-9H3;2*1H3;. The molecule has 0 nitrogen and oxygen atoms in total. The molecule has 0 aliphatic heterocycles. The second-order valence-corrected chi connectivity index (χ2v) is 31.0. The van der Waals surface area contributed by atoms with E-state index in [1.165, 1.54) is 0 Å². The second-order valence-electron chi connectivity index (χ2n) is 8.71. The van der Waals surface area contributed by atoms with E-state index < -0.39 is 38.4 Å². The third-order valence-corrected chi connectivity index (χ3v) is 39.7. The van der Waals surface area contributed by atoms with Crippen LogP contribution in [0, 0.1) is 0 Å². The van der Waals surface area contributed by atoms with E-state index in [1.807, 2.05) is 0 Å². The van der Waals surface area contributed by atoms with E-state index in [0.717, 1.165) is 3.15 Å². The first-order valence-corrected chi connectivity index (χ1v) is 20.1. The Balaban J connectivity index is 6.05. The summed E-state index contributed by atoms with van der Waals surface area (Å²) in [7, 11) is -3.26. The van der Waals surface area contributed by atoms with Gasteiger partial charge in [0.1, 0.15) is 0 Å². The van der Waals surface area contributed by atoms with Crippen LogP contribution in [-0.2, 0) is 0 Å². The minimum Gasteiger partial charge on any atom is -0.106 e. The largest absolute Gasteiger partial charge is 0.253 e. The normalized spacial score (nSPS) is 15.2. The van der Waals surface area contributed by atoms with Gasteiger partial charge in [-0.15, -0.1) is 11.6 Å². The highest BCUT2D eigenvalue weighted by atomic mass is 28.5. The SMILES string of the molecule is [CH3][Al]([CH3])[C]([Si](C)(C)C)([Si](C)(C)C)[Si](C)(C)C. The van der Waals surface area contributed by atoms with Gasteiger partial charge >= 0.3 is 0 Å².